The molecule has 2 heterocycles. The number of hydrogen-bond donors (Lipinski definition) is 1. The SMILES string of the molecule is O=C(CSc1nnc(-c2ccccc2Cl)o1)Nc1cccc(N2CCCC2=O)c1. The third-order valence-electron chi connectivity index (χ3n) is 4.35. The van der Waals surface area contributed by atoms with Gasteiger partial charge in [-0.1, -0.05) is 41.6 Å². The summed E-state index contributed by atoms with van der Waals surface area (Å²) >= 11 is 7.27. The third kappa shape index (κ3) is 4.60. The van der Waals surface area contributed by atoms with Gasteiger partial charge >= 0.3 is 0 Å². The fourth-order valence-corrected chi connectivity index (χ4v) is 3.79. The minimum atomic E-state index is -0.211. The fourth-order valence-electron chi connectivity index (χ4n) is 3.01. The number of nitrogens with one attached hydrogen (secondary N) is 1. The lowest BCUT2D eigenvalue weighted by Gasteiger charge is -2.16. The van der Waals surface area contributed by atoms with Crippen molar-refractivity contribution in [2.75, 3.05) is 22.5 Å². The molecule has 2 amide bonds. The molecule has 3 aromatic rings. The van der Waals surface area contributed by atoms with Gasteiger partial charge in [-0.2, -0.15) is 0 Å². The van der Waals surface area contributed by atoms with Crippen LogP contribution in [-0.4, -0.2) is 34.3 Å². The molecular weight excluding hydrogens is 412 g/mol. The number of rotatable bonds is 6. The Labute approximate surface area is 176 Å². The monoisotopic (exact) mass is 428 g/mol. The Bertz CT molecular complexity index is 1060. The maximum absolute atomic E-state index is 12.3. The first-order valence-corrected chi connectivity index (χ1v) is 10.4. The third-order valence-corrected chi connectivity index (χ3v) is 5.50. The van der Waals surface area contributed by atoms with E-state index < -0.39 is 0 Å². The molecule has 0 radical (unpaired) electrons. The molecule has 29 heavy (non-hydrogen) atoms. The van der Waals surface area contributed by atoms with Crippen molar-refractivity contribution in [2.45, 2.75) is 18.1 Å². The lowest BCUT2D eigenvalue weighted by atomic mass is 10.2. The van der Waals surface area contributed by atoms with Crippen LogP contribution in [0, 0.1) is 0 Å². The predicted molar refractivity (Wildman–Crippen MR) is 112 cm³/mol. The summed E-state index contributed by atoms with van der Waals surface area (Å²) in [6, 6.07) is 14.4. The van der Waals surface area contributed by atoms with Crippen molar-refractivity contribution in [2.24, 2.45) is 0 Å². The number of carbonyl (C=O) groups excluding carboxylic acids is 2. The van der Waals surface area contributed by atoms with Crippen molar-refractivity contribution < 1.29 is 14.0 Å². The van der Waals surface area contributed by atoms with E-state index in [2.05, 4.69) is 15.5 Å². The Morgan fingerprint density at radius 1 is 1.21 bits per heavy atom. The topological polar surface area (TPSA) is 88.3 Å². The van der Waals surface area contributed by atoms with Crippen molar-refractivity contribution in [1.29, 1.82) is 0 Å². The molecule has 0 unspecified atom stereocenters. The van der Waals surface area contributed by atoms with Gasteiger partial charge in [-0.15, -0.1) is 10.2 Å². The summed E-state index contributed by atoms with van der Waals surface area (Å²) in [6.07, 6.45) is 1.42. The number of benzene rings is 2. The van der Waals surface area contributed by atoms with Crippen molar-refractivity contribution in [3.8, 4) is 11.5 Å². The van der Waals surface area contributed by atoms with Gasteiger partial charge in [0.2, 0.25) is 17.7 Å². The molecule has 148 valence electrons. The average molecular weight is 429 g/mol. The van der Waals surface area contributed by atoms with Gasteiger partial charge in [0.15, 0.2) is 0 Å². The molecule has 9 heteroatoms. The quantitative estimate of drug-likeness (QED) is 0.590. The largest absolute Gasteiger partial charge is 0.411 e. The van der Waals surface area contributed by atoms with Crippen molar-refractivity contribution in [3.63, 3.8) is 0 Å². The highest BCUT2D eigenvalue weighted by molar-refractivity contribution is 7.99. The molecule has 1 aliphatic rings. The molecular formula is C20H17ClN4O3S. The summed E-state index contributed by atoms with van der Waals surface area (Å²) in [5, 5.41) is 11.6. The number of thioether (sulfide) groups is 1. The molecule has 0 bridgehead atoms. The van der Waals surface area contributed by atoms with E-state index in [4.69, 9.17) is 16.0 Å². The van der Waals surface area contributed by atoms with E-state index in [0.717, 1.165) is 23.9 Å². The highest BCUT2D eigenvalue weighted by Crippen LogP contribution is 2.29. The van der Waals surface area contributed by atoms with Gasteiger partial charge in [0.1, 0.15) is 0 Å². The number of nitrogens with zero attached hydrogens (tertiary/aromatic N) is 3. The van der Waals surface area contributed by atoms with E-state index in [1.165, 1.54) is 0 Å². The highest BCUT2D eigenvalue weighted by Gasteiger charge is 2.22. The van der Waals surface area contributed by atoms with Crippen LogP contribution in [0.15, 0.2) is 58.2 Å². The average Bonchev–Trinajstić information content (AvgIpc) is 3.36. The van der Waals surface area contributed by atoms with Gasteiger partial charge in [0.25, 0.3) is 5.22 Å². The first-order chi connectivity index (χ1) is 14.1. The summed E-state index contributed by atoms with van der Waals surface area (Å²) in [6.45, 7) is 0.705. The second-order valence-corrected chi connectivity index (χ2v) is 7.72. The van der Waals surface area contributed by atoms with Crippen LogP contribution in [0.1, 0.15) is 12.8 Å². The molecule has 0 spiro atoms. The van der Waals surface area contributed by atoms with Crippen LogP contribution in [-0.2, 0) is 9.59 Å². The maximum atomic E-state index is 12.3. The normalized spacial score (nSPS) is 13.7. The van der Waals surface area contributed by atoms with Crippen LogP contribution in [0.4, 0.5) is 11.4 Å². The number of aromatic nitrogens is 2. The van der Waals surface area contributed by atoms with E-state index in [9.17, 15) is 9.59 Å². The standard InChI is InChI=1S/C20H17ClN4O3S/c21-16-8-2-1-7-15(16)19-23-24-20(28-19)29-12-17(26)22-13-5-3-6-14(11-13)25-10-4-9-18(25)27/h1-3,5-8,11H,4,9-10,12H2,(H,22,26). The summed E-state index contributed by atoms with van der Waals surface area (Å²) < 4.78 is 5.58. The zero-order valence-corrected chi connectivity index (χ0v) is 16.9. The smallest absolute Gasteiger partial charge is 0.277 e. The van der Waals surface area contributed by atoms with E-state index in [1.807, 2.05) is 24.3 Å². The van der Waals surface area contributed by atoms with Crippen LogP contribution >= 0.6 is 23.4 Å². The summed E-state index contributed by atoms with van der Waals surface area (Å²) in [7, 11) is 0. The maximum Gasteiger partial charge on any atom is 0.277 e. The Kier molecular flexibility index (Phi) is 5.82. The Hall–Kier alpha value is -2.84. The molecule has 4 rings (SSSR count). The fraction of sp³-hybridized carbons (Fsp3) is 0.200. The van der Waals surface area contributed by atoms with E-state index in [-0.39, 0.29) is 22.8 Å². The Balaban J connectivity index is 1.35. The van der Waals surface area contributed by atoms with Crippen molar-refractivity contribution in [3.05, 3.63) is 53.6 Å². The van der Waals surface area contributed by atoms with Gasteiger partial charge in [-0.25, -0.2) is 0 Å². The second-order valence-electron chi connectivity index (χ2n) is 6.39. The van der Waals surface area contributed by atoms with Gasteiger partial charge < -0.3 is 14.6 Å². The van der Waals surface area contributed by atoms with Crippen LogP contribution in [0.3, 0.4) is 0 Å². The summed E-state index contributed by atoms with van der Waals surface area (Å²) in [5.41, 5.74) is 2.07. The second kappa shape index (κ2) is 8.67. The van der Waals surface area contributed by atoms with Crippen LogP contribution in [0.25, 0.3) is 11.5 Å². The molecule has 1 aromatic heterocycles. The van der Waals surface area contributed by atoms with Gasteiger partial charge in [-0.05, 0) is 36.8 Å². The molecule has 0 saturated carbocycles. The van der Waals surface area contributed by atoms with Crippen LogP contribution < -0.4 is 10.2 Å². The van der Waals surface area contributed by atoms with Gasteiger partial charge in [-0.3, -0.25) is 9.59 Å². The lowest BCUT2D eigenvalue weighted by molar-refractivity contribution is -0.117. The molecule has 2 aromatic carbocycles. The highest BCUT2D eigenvalue weighted by atomic mass is 35.5. The minimum Gasteiger partial charge on any atom is -0.411 e. The van der Waals surface area contributed by atoms with E-state index in [0.29, 0.717) is 35.1 Å². The van der Waals surface area contributed by atoms with E-state index >= 15 is 0 Å². The van der Waals surface area contributed by atoms with Crippen molar-refractivity contribution >= 4 is 46.6 Å². The molecule has 1 fully saturated rings. The minimum absolute atomic E-state index is 0.106. The van der Waals surface area contributed by atoms with Crippen molar-refractivity contribution in [1.82, 2.24) is 10.2 Å². The zero-order valence-electron chi connectivity index (χ0n) is 15.3. The number of halogens is 1. The first-order valence-electron chi connectivity index (χ1n) is 9.01. The summed E-state index contributed by atoms with van der Waals surface area (Å²) in [5.74, 6) is 0.311. The molecule has 7 nitrogen and oxygen atoms in total. The number of carbonyl (C=O) groups is 2. The molecule has 1 N–H and O–H groups in total. The Morgan fingerprint density at radius 3 is 2.86 bits per heavy atom. The predicted octanol–water partition coefficient (Wildman–Crippen LogP) is 4.25. The lowest BCUT2D eigenvalue weighted by Crippen LogP contribution is -2.23. The zero-order chi connectivity index (χ0) is 20.2. The van der Waals surface area contributed by atoms with Crippen LogP contribution in [0.2, 0.25) is 5.02 Å². The van der Waals surface area contributed by atoms with Crippen LogP contribution in [0.5, 0.6) is 0 Å². The summed E-state index contributed by atoms with van der Waals surface area (Å²) in [4.78, 5) is 25.9. The van der Waals surface area contributed by atoms with E-state index in [1.54, 1.807) is 29.2 Å². The number of amides is 2. The molecule has 0 aliphatic carbocycles. The Morgan fingerprint density at radius 2 is 2.07 bits per heavy atom. The number of hydrogen-bond acceptors (Lipinski definition) is 6. The number of anilines is 2. The van der Waals surface area contributed by atoms with Gasteiger partial charge in [0.05, 0.1) is 16.3 Å². The molecule has 0 atom stereocenters. The molecule has 1 saturated heterocycles. The van der Waals surface area contributed by atoms with Gasteiger partial charge in [0, 0.05) is 24.3 Å². The first kappa shape index (κ1) is 19.5. The molecule has 1 aliphatic heterocycles.